The molecule has 32 heavy (non-hydrogen) atoms. The standard InChI is InChI=1S/C24H30F2O6/c1-11-7-14-13-8-15(25)20-21(26)16(29)5-6-22(20,3)19(13)17(30)9-23(14,4)24(11,18(31)10-27)32-12(2)28/h5-6,11,13-15,17,19,27,30H,7-10H2,1-4H3/t11-,13-,14-,15-,17-,19+,22+,23-,24-/m0/s1. The van der Waals surface area contributed by atoms with Crippen LogP contribution in [0.3, 0.4) is 0 Å². The number of carbonyl (C=O) groups is 3. The van der Waals surface area contributed by atoms with Gasteiger partial charge in [0.1, 0.15) is 12.8 Å². The van der Waals surface area contributed by atoms with E-state index in [0.29, 0.717) is 6.42 Å². The number of rotatable bonds is 3. The highest BCUT2D eigenvalue weighted by molar-refractivity contribution is 6.04. The van der Waals surface area contributed by atoms with E-state index in [0.717, 1.165) is 6.08 Å². The number of carbonyl (C=O) groups excluding carboxylic acids is 3. The van der Waals surface area contributed by atoms with Crippen LogP contribution < -0.4 is 0 Å². The molecule has 0 aromatic heterocycles. The molecular weight excluding hydrogens is 422 g/mol. The Kier molecular flexibility index (Phi) is 5.29. The Balaban J connectivity index is 1.86. The first-order valence-electron chi connectivity index (χ1n) is 11.1. The van der Waals surface area contributed by atoms with Crippen molar-refractivity contribution in [1.82, 2.24) is 0 Å². The van der Waals surface area contributed by atoms with Gasteiger partial charge in [0.25, 0.3) is 0 Å². The van der Waals surface area contributed by atoms with E-state index in [1.165, 1.54) is 13.0 Å². The smallest absolute Gasteiger partial charge is 0.303 e. The van der Waals surface area contributed by atoms with Gasteiger partial charge in [0.2, 0.25) is 11.6 Å². The normalized spacial score (nSPS) is 47.6. The van der Waals surface area contributed by atoms with Gasteiger partial charge in [-0.05, 0) is 37.2 Å². The molecule has 4 rings (SSSR count). The average Bonchev–Trinajstić information content (AvgIpc) is 2.91. The van der Waals surface area contributed by atoms with E-state index in [2.05, 4.69) is 0 Å². The number of hydrogen-bond acceptors (Lipinski definition) is 6. The highest BCUT2D eigenvalue weighted by Crippen LogP contribution is 2.69. The topological polar surface area (TPSA) is 101 Å². The fraction of sp³-hybridized carbons (Fsp3) is 0.708. The first kappa shape index (κ1) is 23.2. The van der Waals surface area contributed by atoms with Gasteiger partial charge in [-0.15, -0.1) is 0 Å². The van der Waals surface area contributed by atoms with Crippen LogP contribution in [0, 0.1) is 34.5 Å². The molecule has 0 radical (unpaired) electrons. The summed E-state index contributed by atoms with van der Waals surface area (Å²) in [4.78, 5) is 37.0. The van der Waals surface area contributed by atoms with Crippen LogP contribution in [0.5, 0.6) is 0 Å². The molecule has 0 saturated heterocycles. The summed E-state index contributed by atoms with van der Waals surface area (Å²) in [6, 6.07) is 0. The Morgan fingerprint density at radius 1 is 1.28 bits per heavy atom. The van der Waals surface area contributed by atoms with Crippen molar-refractivity contribution in [2.75, 3.05) is 6.61 Å². The summed E-state index contributed by atoms with van der Waals surface area (Å²) in [5, 5.41) is 21.1. The van der Waals surface area contributed by atoms with Gasteiger partial charge in [-0.25, -0.2) is 8.78 Å². The number of Topliss-reactive ketones (excluding diaryl/α,β-unsaturated/α-hetero) is 1. The number of allylic oxidation sites excluding steroid dienone is 4. The van der Waals surface area contributed by atoms with Gasteiger partial charge in [0, 0.05) is 35.2 Å². The van der Waals surface area contributed by atoms with Crippen molar-refractivity contribution in [1.29, 1.82) is 0 Å². The van der Waals surface area contributed by atoms with Crippen molar-refractivity contribution in [2.45, 2.75) is 64.8 Å². The lowest BCUT2D eigenvalue weighted by molar-refractivity contribution is -0.205. The van der Waals surface area contributed by atoms with E-state index in [1.807, 2.05) is 0 Å². The molecule has 0 aromatic rings. The molecule has 4 aliphatic rings. The minimum absolute atomic E-state index is 0.0609. The maximum absolute atomic E-state index is 15.4. The van der Waals surface area contributed by atoms with Crippen LogP contribution in [0.15, 0.2) is 23.6 Å². The molecule has 0 spiro atoms. The largest absolute Gasteiger partial charge is 0.450 e. The van der Waals surface area contributed by atoms with Gasteiger partial charge >= 0.3 is 5.97 Å². The lowest BCUT2D eigenvalue weighted by Crippen LogP contribution is -2.64. The molecule has 0 heterocycles. The summed E-state index contributed by atoms with van der Waals surface area (Å²) in [7, 11) is 0. The van der Waals surface area contributed by atoms with E-state index >= 15 is 4.39 Å². The van der Waals surface area contributed by atoms with Crippen LogP contribution >= 0.6 is 0 Å². The zero-order valence-electron chi connectivity index (χ0n) is 18.7. The van der Waals surface area contributed by atoms with E-state index < -0.39 is 76.4 Å². The molecule has 0 unspecified atom stereocenters. The Morgan fingerprint density at radius 2 is 1.94 bits per heavy atom. The third-order valence-corrected chi connectivity index (χ3v) is 8.96. The molecule has 6 nitrogen and oxygen atoms in total. The minimum Gasteiger partial charge on any atom is -0.450 e. The lowest BCUT2D eigenvalue weighted by Gasteiger charge is -2.60. The van der Waals surface area contributed by atoms with Crippen LogP contribution in [0.2, 0.25) is 0 Å². The summed E-state index contributed by atoms with van der Waals surface area (Å²) in [5.41, 5.74) is -4.07. The molecule has 0 aromatic carbocycles. The zero-order chi connectivity index (χ0) is 23.8. The number of hydrogen-bond donors (Lipinski definition) is 2. The SMILES string of the molecule is CC(=O)O[C@]1(C(=O)CO)[C@@H](C)C[C@H]2[C@@H]3C[C@H](F)C4=C(F)C(=O)C=C[C@]4(C)[C@H]3[C@@H](O)C[C@@]21C. The first-order valence-corrected chi connectivity index (χ1v) is 11.1. The number of aliphatic hydroxyl groups excluding tert-OH is 2. The minimum atomic E-state index is -1.71. The molecule has 4 aliphatic carbocycles. The summed E-state index contributed by atoms with van der Waals surface area (Å²) in [5.74, 6) is -5.05. The number of fused-ring (bicyclic) bond motifs is 5. The Hall–Kier alpha value is -1.93. The summed E-state index contributed by atoms with van der Waals surface area (Å²) in [6.45, 7) is 5.55. The van der Waals surface area contributed by atoms with Crippen LogP contribution in [0.1, 0.15) is 47.0 Å². The zero-order valence-corrected chi connectivity index (χ0v) is 18.7. The molecule has 9 atom stereocenters. The molecular formula is C24H30F2O6. The quantitative estimate of drug-likeness (QED) is 0.639. The molecule has 176 valence electrons. The summed E-state index contributed by atoms with van der Waals surface area (Å²) >= 11 is 0. The van der Waals surface area contributed by atoms with Crippen molar-refractivity contribution >= 4 is 17.5 Å². The fourth-order valence-electron chi connectivity index (χ4n) is 7.96. The second-order valence-electron chi connectivity index (χ2n) is 10.4. The van der Waals surface area contributed by atoms with Gasteiger partial charge in [0.15, 0.2) is 11.4 Å². The Labute approximate surface area is 185 Å². The van der Waals surface area contributed by atoms with E-state index in [4.69, 9.17) is 4.74 Å². The second-order valence-corrected chi connectivity index (χ2v) is 10.4. The maximum Gasteiger partial charge on any atom is 0.303 e. The van der Waals surface area contributed by atoms with E-state index in [9.17, 15) is 29.0 Å². The molecule has 3 fully saturated rings. The molecule has 0 aliphatic heterocycles. The predicted octanol–water partition coefficient (Wildman–Crippen LogP) is 2.62. The van der Waals surface area contributed by atoms with Crippen LogP contribution in [0.4, 0.5) is 8.78 Å². The molecule has 8 heteroatoms. The third-order valence-electron chi connectivity index (χ3n) is 8.96. The highest BCUT2D eigenvalue weighted by Gasteiger charge is 2.73. The van der Waals surface area contributed by atoms with Crippen molar-refractivity contribution in [3.63, 3.8) is 0 Å². The monoisotopic (exact) mass is 452 g/mol. The van der Waals surface area contributed by atoms with Gasteiger partial charge in [-0.1, -0.05) is 26.8 Å². The number of ketones is 2. The van der Waals surface area contributed by atoms with E-state index in [1.54, 1.807) is 20.8 Å². The van der Waals surface area contributed by atoms with Gasteiger partial charge in [0.05, 0.1) is 6.10 Å². The van der Waals surface area contributed by atoms with Crippen molar-refractivity contribution in [3.8, 4) is 0 Å². The number of aliphatic hydroxyl groups is 2. The number of esters is 1. The van der Waals surface area contributed by atoms with Crippen LogP contribution in [0.25, 0.3) is 0 Å². The Bertz CT molecular complexity index is 943. The first-order chi connectivity index (χ1) is 14.8. The van der Waals surface area contributed by atoms with Gasteiger partial charge in [-0.2, -0.15) is 0 Å². The number of alkyl halides is 1. The predicted molar refractivity (Wildman–Crippen MR) is 109 cm³/mol. The maximum atomic E-state index is 15.4. The van der Waals surface area contributed by atoms with Crippen molar-refractivity contribution in [3.05, 3.63) is 23.6 Å². The van der Waals surface area contributed by atoms with Gasteiger partial charge < -0.3 is 14.9 Å². The van der Waals surface area contributed by atoms with E-state index in [-0.39, 0.29) is 24.3 Å². The highest BCUT2D eigenvalue weighted by atomic mass is 19.1. The fourth-order valence-corrected chi connectivity index (χ4v) is 7.96. The van der Waals surface area contributed by atoms with Crippen molar-refractivity contribution in [2.24, 2.45) is 34.5 Å². The van der Waals surface area contributed by atoms with Crippen LogP contribution in [-0.2, 0) is 19.1 Å². The summed E-state index contributed by atoms with van der Waals surface area (Å²) in [6.07, 6.45) is 0.215. The van der Waals surface area contributed by atoms with Crippen molar-refractivity contribution < 1.29 is 38.1 Å². The second kappa shape index (κ2) is 7.29. The molecule has 2 N–H and O–H groups in total. The molecule has 3 saturated carbocycles. The molecule has 0 amide bonds. The third kappa shape index (κ3) is 2.71. The summed E-state index contributed by atoms with van der Waals surface area (Å²) < 4.78 is 35.9. The Morgan fingerprint density at radius 3 is 2.53 bits per heavy atom. The number of ether oxygens (including phenoxy) is 1. The van der Waals surface area contributed by atoms with Crippen LogP contribution in [-0.4, -0.2) is 52.2 Å². The average molecular weight is 452 g/mol. The lowest BCUT2D eigenvalue weighted by atomic mass is 9.45. The number of halogens is 2. The molecule has 0 bridgehead atoms. The van der Waals surface area contributed by atoms with Gasteiger partial charge in [-0.3, -0.25) is 14.4 Å².